The summed E-state index contributed by atoms with van der Waals surface area (Å²) < 4.78 is 6.56. The van der Waals surface area contributed by atoms with Gasteiger partial charge in [0.1, 0.15) is 6.54 Å². The van der Waals surface area contributed by atoms with Crippen LogP contribution in [0.4, 0.5) is 5.69 Å². The van der Waals surface area contributed by atoms with E-state index in [0.29, 0.717) is 6.61 Å². The van der Waals surface area contributed by atoms with Crippen molar-refractivity contribution in [1.82, 2.24) is 0 Å². The fraction of sp³-hybridized carbons (Fsp3) is 0.364. The predicted molar refractivity (Wildman–Crippen MR) is 68.6 cm³/mol. The van der Waals surface area contributed by atoms with Crippen molar-refractivity contribution >= 4 is 33.5 Å². The Morgan fingerprint density at radius 2 is 2.31 bits per heavy atom. The van der Waals surface area contributed by atoms with Crippen LogP contribution in [0.3, 0.4) is 0 Å². The van der Waals surface area contributed by atoms with Gasteiger partial charge in [-0.15, -0.1) is 0 Å². The maximum absolute atomic E-state index is 11.3. The van der Waals surface area contributed by atoms with Crippen molar-refractivity contribution in [3.8, 4) is 0 Å². The largest absolute Gasteiger partial charge is 0.465 e. The number of hydrogen-bond donors (Lipinski definition) is 0. The number of anilines is 1. The van der Waals surface area contributed by atoms with Crippen LogP contribution in [0.1, 0.15) is 12.5 Å². The highest BCUT2D eigenvalue weighted by Crippen LogP contribution is 2.25. The number of esters is 1. The molecule has 0 bridgehead atoms. The first-order chi connectivity index (χ1) is 7.67. The van der Waals surface area contributed by atoms with Gasteiger partial charge in [0.2, 0.25) is 0 Å². The molecule has 0 heterocycles. The van der Waals surface area contributed by atoms with Crippen LogP contribution in [0.25, 0.3) is 0 Å². The fourth-order valence-electron chi connectivity index (χ4n) is 1.26. The molecule has 16 heavy (non-hydrogen) atoms. The minimum Gasteiger partial charge on any atom is -0.465 e. The number of halogens is 1. The van der Waals surface area contributed by atoms with Crippen LogP contribution in [-0.2, 0) is 9.53 Å². The number of carbonyl (C=O) groups excluding carboxylic acids is 1. The molecule has 0 aliphatic rings. The molecule has 0 radical (unpaired) electrons. The molecule has 0 atom stereocenters. The molecule has 0 aliphatic carbocycles. The van der Waals surface area contributed by atoms with Crippen molar-refractivity contribution in [2.45, 2.75) is 13.8 Å². The third-order valence-electron chi connectivity index (χ3n) is 1.95. The normalized spacial score (nSPS) is 9.94. The smallest absolute Gasteiger partial charge is 0.326 e. The Hall–Kier alpha value is -0.870. The summed E-state index contributed by atoms with van der Waals surface area (Å²) in [4.78, 5) is 11.3. The van der Waals surface area contributed by atoms with Gasteiger partial charge in [-0.1, -0.05) is 12.1 Å². The average Bonchev–Trinajstić information content (AvgIpc) is 2.26. The van der Waals surface area contributed by atoms with Crippen LogP contribution in [-0.4, -0.2) is 19.1 Å². The monoisotopic (exact) mass is 259 g/mol. The van der Waals surface area contributed by atoms with E-state index in [2.05, 4.69) is 0 Å². The molecule has 0 aromatic heterocycles. The molecule has 0 spiro atoms. The van der Waals surface area contributed by atoms with Gasteiger partial charge in [-0.2, -0.15) is 0 Å². The van der Waals surface area contributed by atoms with Gasteiger partial charge >= 0.3 is 5.97 Å². The zero-order valence-corrected chi connectivity index (χ0v) is 10.8. The van der Waals surface area contributed by atoms with E-state index in [1.807, 2.05) is 31.2 Å². The van der Waals surface area contributed by atoms with Gasteiger partial charge in [-0.25, -0.2) is 0 Å². The molecule has 0 amide bonds. The molecule has 1 rings (SSSR count). The first kappa shape index (κ1) is 13.2. The molecule has 0 fully saturated rings. The number of aryl methyl sites for hydroxylation is 1. The molecule has 0 N–H and O–H groups in total. The quantitative estimate of drug-likeness (QED) is 0.600. The number of carbonyl (C=O) groups is 1. The Morgan fingerprint density at radius 3 is 2.88 bits per heavy atom. The SMILES string of the molecule is CCOC(=O)CN(SCl)c1cccc(C)c1. The third-order valence-corrected chi connectivity index (χ3v) is 2.96. The first-order valence-corrected chi connectivity index (χ1v) is 6.56. The second kappa shape index (κ2) is 6.66. The van der Waals surface area contributed by atoms with Gasteiger partial charge in [-0.3, -0.25) is 9.10 Å². The number of hydrogen-bond acceptors (Lipinski definition) is 4. The van der Waals surface area contributed by atoms with Crippen molar-refractivity contribution in [2.24, 2.45) is 0 Å². The van der Waals surface area contributed by atoms with Crippen LogP contribution in [0.5, 0.6) is 0 Å². The van der Waals surface area contributed by atoms with Gasteiger partial charge < -0.3 is 4.74 Å². The number of benzene rings is 1. The molecule has 1 aromatic carbocycles. The summed E-state index contributed by atoms with van der Waals surface area (Å²) in [6.45, 7) is 4.30. The maximum Gasteiger partial charge on any atom is 0.326 e. The van der Waals surface area contributed by atoms with E-state index in [-0.39, 0.29) is 12.5 Å². The fourth-order valence-corrected chi connectivity index (χ4v) is 2.00. The topological polar surface area (TPSA) is 29.5 Å². The van der Waals surface area contributed by atoms with Crippen molar-refractivity contribution in [2.75, 3.05) is 17.5 Å². The molecule has 1 aromatic rings. The Labute approximate surface area is 104 Å². The molecule has 0 saturated heterocycles. The van der Waals surface area contributed by atoms with Crippen LogP contribution < -0.4 is 4.31 Å². The Balaban J connectivity index is 2.70. The summed E-state index contributed by atoms with van der Waals surface area (Å²) >= 11 is 0.991. The average molecular weight is 260 g/mol. The highest BCUT2D eigenvalue weighted by Gasteiger charge is 2.12. The van der Waals surface area contributed by atoms with E-state index in [1.165, 1.54) is 0 Å². The molecule has 0 saturated carbocycles. The van der Waals surface area contributed by atoms with Crippen LogP contribution in [0.15, 0.2) is 24.3 Å². The summed E-state index contributed by atoms with van der Waals surface area (Å²) in [6, 6.07) is 7.79. The van der Waals surface area contributed by atoms with Crippen molar-refractivity contribution in [1.29, 1.82) is 0 Å². The van der Waals surface area contributed by atoms with E-state index in [1.54, 1.807) is 11.2 Å². The van der Waals surface area contributed by atoms with Crippen molar-refractivity contribution in [3.05, 3.63) is 29.8 Å². The number of nitrogens with zero attached hydrogens (tertiary/aromatic N) is 1. The molecule has 3 nitrogen and oxygen atoms in total. The van der Waals surface area contributed by atoms with Crippen molar-refractivity contribution in [3.63, 3.8) is 0 Å². The Morgan fingerprint density at radius 1 is 1.56 bits per heavy atom. The zero-order chi connectivity index (χ0) is 12.0. The lowest BCUT2D eigenvalue weighted by Gasteiger charge is -2.19. The molecular weight excluding hydrogens is 246 g/mol. The molecular formula is C11H14ClNO2S. The Bertz CT molecular complexity index is 360. The molecule has 5 heteroatoms. The Kier molecular flexibility index (Phi) is 5.49. The van der Waals surface area contributed by atoms with E-state index in [0.717, 1.165) is 22.4 Å². The van der Waals surface area contributed by atoms with Gasteiger partial charge in [-0.05, 0) is 42.2 Å². The summed E-state index contributed by atoms with van der Waals surface area (Å²) in [5.74, 6) is -0.280. The maximum atomic E-state index is 11.3. The van der Waals surface area contributed by atoms with E-state index >= 15 is 0 Å². The predicted octanol–water partition coefficient (Wildman–Crippen LogP) is 3.17. The minimum absolute atomic E-state index is 0.144. The summed E-state index contributed by atoms with van der Waals surface area (Å²) in [5, 5.41) is 0. The van der Waals surface area contributed by atoms with Crippen LogP contribution >= 0.6 is 21.8 Å². The van der Waals surface area contributed by atoms with Gasteiger partial charge in [0.25, 0.3) is 0 Å². The van der Waals surface area contributed by atoms with E-state index < -0.39 is 0 Å². The summed E-state index contributed by atoms with van der Waals surface area (Å²) in [5.41, 5.74) is 2.02. The lowest BCUT2D eigenvalue weighted by molar-refractivity contribution is -0.141. The zero-order valence-electron chi connectivity index (χ0n) is 9.27. The summed E-state index contributed by atoms with van der Waals surface area (Å²) in [6.07, 6.45) is 0. The van der Waals surface area contributed by atoms with Gasteiger partial charge in [0.05, 0.1) is 17.8 Å². The highest BCUT2D eigenvalue weighted by atomic mass is 35.7. The standard InChI is InChI=1S/C11H14ClNO2S/c1-3-15-11(14)8-13(16-12)10-6-4-5-9(2)7-10/h4-7H,3,8H2,1-2H3. The molecule has 88 valence electrons. The highest BCUT2D eigenvalue weighted by molar-refractivity contribution is 8.22. The summed E-state index contributed by atoms with van der Waals surface area (Å²) in [7, 11) is 5.73. The molecule has 0 aliphatic heterocycles. The molecule has 0 unspecified atom stereocenters. The van der Waals surface area contributed by atoms with Gasteiger partial charge in [0.15, 0.2) is 0 Å². The van der Waals surface area contributed by atoms with Crippen molar-refractivity contribution < 1.29 is 9.53 Å². The third kappa shape index (κ3) is 3.94. The number of rotatable bonds is 5. The second-order valence-electron chi connectivity index (χ2n) is 3.25. The minimum atomic E-state index is -0.280. The van der Waals surface area contributed by atoms with E-state index in [4.69, 9.17) is 15.4 Å². The van der Waals surface area contributed by atoms with Gasteiger partial charge in [0, 0.05) is 5.69 Å². The lowest BCUT2D eigenvalue weighted by atomic mass is 10.2. The first-order valence-electron chi connectivity index (χ1n) is 4.96. The lowest BCUT2D eigenvalue weighted by Crippen LogP contribution is -2.24. The second-order valence-corrected chi connectivity index (χ2v) is 4.24. The van der Waals surface area contributed by atoms with E-state index in [9.17, 15) is 4.79 Å². The van der Waals surface area contributed by atoms with Crippen LogP contribution in [0, 0.1) is 6.92 Å². The number of ether oxygens (including phenoxy) is 1. The van der Waals surface area contributed by atoms with Crippen LogP contribution in [0.2, 0.25) is 0 Å².